The number of aromatic nitrogens is 2. The quantitative estimate of drug-likeness (QED) is 0.434. The van der Waals surface area contributed by atoms with Crippen LogP contribution in [0.3, 0.4) is 0 Å². The molecule has 2 saturated carbocycles. The van der Waals surface area contributed by atoms with Crippen molar-refractivity contribution in [3.05, 3.63) is 35.7 Å². The van der Waals surface area contributed by atoms with Crippen LogP contribution in [0.1, 0.15) is 71.4 Å². The summed E-state index contributed by atoms with van der Waals surface area (Å²) in [7, 11) is 1.79. The van der Waals surface area contributed by atoms with Crippen LogP contribution in [0.5, 0.6) is 0 Å². The Balaban J connectivity index is 1.21. The molecule has 5 rings (SSSR count). The Hall–Kier alpha value is -1.95. The number of likely N-dealkylation sites (tertiary alicyclic amines) is 1. The maximum Gasteiger partial charge on any atom is 0.182 e. The van der Waals surface area contributed by atoms with E-state index in [1.54, 1.807) is 30.1 Å². The SMILES string of the molecule is CCC1(CN2C[C@H]3CC(Nc4ccc(-c5cn(C)nc5C)c(F)c4F)C[C@H]3C2)CC(C)CCC(C)C1. The van der Waals surface area contributed by atoms with E-state index < -0.39 is 11.6 Å². The van der Waals surface area contributed by atoms with E-state index in [4.69, 9.17) is 0 Å². The monoisotopic (exact) mass is 498 g/mol. The molecule has 1 aromatic carbocycles. The van der Waals surface area contributed by atoms with E-state index in [9.17, 15) is 0 Å². The van der Waals surface area contributed by atoms with Crippen molar-refractivity contribution in [2.75, 3.05) is 25.0 Å². The number of nitrogens with zero attached hydrogens (tertiary/aromatic N) is 3. The highest BCUT2D eigenvalue weighted by Crippen LogP contribution is 2.46. The summed E-state index contributed by atoms with van der Waals surface area (Å²) in [6, 6.07) is 3.58. The Morgan fingerprint density at radius 1 is 1.00 bits per heavy atom. The lowest BCUT2D eigenvalue weighted by Gasteiger charge is -2.38. The predicted molar refractivity (Wildman–Crippen MR) is 143 cm³/mol. The van der Waals surface area contributed by atoms with Crippen LogP contribution in [0.15, 0.2) is 18.3 Å². The summed E-state index contributed by atoms with van der Waals surface area (Å²) in [5.74, 6) is 1.39. The van der Waals surface area contributed by atoms with Crippen LogP contribution in [-0.4, -0.2) is 40.4 Å². The zero-order valence-electron chi connectivity index (χ0n) is 22.8. The van der Waals surface area contributed by atoms with E-state index in [0.29, 0.717) is 28.5 Å². The third-order valence-electron chi connectivity index (χ3n) is 9.60. The molecule has 3 aliphatic rings. The average molecular weight is 499 g/mol. The van der Waals surface area contributed by atoms with Crippen molar-refractivity contribution < 1.29 is 8.78 Å². The van der Waals surface area contributed by atoms with Gasteiger partial charge >= 0.3 is 0 Å². The second kappa shape index (κ2) is 10.1. The van der Waals surface area contributed by atoms with Crippen molar-refractivity contribution in [2.24, 2.45) is 36.1 Å². The first-order valence-corrected chi connectivity index (χ1v) is 14.1. The third-order valence-corrected chi connectivity index (χ3v) is 9.60. The molecule has 4 nitrogen and oxygen atoms in total. The van der Waals surface area contributed by atoms with Crippen LogP contribution in [0.25, 0.3) is 11.1 Å². The fraction of sp³-hybridized carbons (Fsp3) is 0.700. The van der Waals surface area contributed by atoms with Crippen LogP contribution in [-0.2, 0) is 7.05 Å². The second-order valence-electron chi connectivity index (χ2n) is 12.7. The molecule has 1 aromatic heterocycles. The van der Waals surface area contributed by atoms with E-state index in [0.717, 1.165) is 37.8 Å². The summed E-state index contributed by atoms with van der Waals surface area (Å²) in [6.45, 7) is 12.7. The van der Waals surface area contributed by atoms with Crippen molar-refractivity contribution in [2.45, 2.75) is 78.7 Å². The van der Waals surface area contributed by atoms with Gasteiger partial charge in [-0.3, -0.25) is 4.68 Å². The summed E-state index contributed by atoms with van der Waals surface area (Å²) in [4.78, 5) is 2.74. The summed E-state index contributed by atoms with van der Waals surface area (Å²) in [5, 5.41) is 7.63. The molecule has 2 aromatic rings. The lowest BCUT2D eigenvalue weighted by atomic mass is 9.73. The van der Waals surface area contributed by atoms with Gasteiger partial charge in [0.05, 0.1) is 11.4 Å². The molecule has 6 heteroatoms. The molecule has 2 heterocycles. The highest BCUT2D eigenvalue weighted by atomic mass is 19.2. The number of hydrogen-bond acceptors (Lipinski definition) is 3. The van der Waals surface area contributed by atoms with Crippen molar-refractivity contribution in [1.29, 1.82) is 0 Å². The fourth-order valence-electron chi connectivity index (χ4n) is 7.94. The molecule has 1 saturated heterocycles. The standard InChI is InChI=1S/C30H44F2N4/c1-6-30(13-19(2)7-8-20(3)14-30)18-36-15-22-11-24(12-23(22)16-36)33-27-10-9-25(28(31)29(27)32)26-17-35(5)34-21(26)4/h9-10,17,19-20,22-24,33H,6-8,11-16,18H2,1-5H3/t19?,20?,22-,23+,24?,30?. The lowest BCUT2D eigenvalue weighted by Crippen LogP contribution is -2.38. The minimum Gasteiger partial charge on any atom is -0.380 e. The Morgan fingerprint density at radius 2 is 1.64 bits per heavy atom. The Bertz CT molecular complexity index is 1050. The van der Waals surface area contributed by atoms with Crippen LogP contribution < -0.4 is 5.32 Å². The zero-order chi connectivity index (χ0) is 25.6. The summed E-state index contributed by atoms with van der Waals surface area (Å²) < 4.78 is 31.7. The topological polar surface area (TPSA) is 33.1 Å². The minimum absolute atomic E-state index is 0.208. The fourth-order valence-corrected chi connectivity index (χ4v) is 7.94. The van der Waals surface area contributed by atoms with Gasteiger partial charge < -0.3 is 10.2 Å². The number of aryl methyl sites for hydroxylation is 2. The smallest absolute Gasteiger partial charge is 0.182 e. The van der Waals surface area contributed by atoms with Crippen molar-refractivity contribution in [3.63, 3.8) is 0 Å². The van der Waals surface area contributed by atoms with Crippen LogP contribution in [0, 0.1) is 47.6 Å². The molecule has 0 amide bonds. The second-order valence-corrected chi connectivity index (χ2v) is 12.7. The maximum absolute atomic E-state index is 15.1. The molecule has 0 spiro atoms. The van der Waals surface area contributed by atoms with Gasteiger partial charge in [-0.25, -0.2) is 8.78 Å². The van der Waals surface area contributed by atoms with E-state index in [1.807, 2.05) is 6.92 Å². The van der Waals surface area contributed by atoms with E-state index in [-0.39, 0.29) is 17.3 Å². The Kier molecular flexibility index (Phi) is 7.19. The number of rotatable bonds is 6. The van der Waals surface area contributed by atoms with Crippen LogP contribution in [0.2, 0.25) is 0 Å². The van der Waals surface area contributed by atoms with Gasteiger partial charge in [-0.05, 0) is 80.2 Å². The van der Waals surface area contributed by atoms with Gasteiger partial charge in [0.1, 0.15) is 0 Å². The molecule has 3 fully saturated rings. The largest absolute Gasteiger partial charge is 0.380 e. The first-order chi connectivity index (χ1) is 17.2. The predicted octanol–water partition coefficient (Wildman–Crippen LogP) is 7.04. The number of nitrogens with one attached hydrogen (secondary N) is 1. The minimum atomic E-state index is -0.794. The number of benzene rings is 1. The van der Waals surface area contributed by atoms with Gasteiger partial charge in [-0.1, -0.05) is 33.6 Å². The van der Waals surface area contributed by atoms with Gasteiger partial charge in [0.15, 0.2) is 11.6 Å². The Labute approximate surface area is 215 Å². The molecule has 1 aliphatic heterocycles. The average Bonchev–Trinajstić information content (AvgIpc) is 3.44. The molecule has 0 bridgehead atoms. The number of fused-ring (bicyclic) bond motifs is 1. The first-order valence-electron chi connectivity index (χ1n) is 14.1. The first kappa shape index (κ1) is 25.7. The highest BCUT2D eigenvalue weighted by molar-refractivity contribution is 5.68. The molecule has 36 heavy (non-hydrogen) atoms. The van der Waals surface area contributed by atoms with Crippen LogP contribution in [0.4, 0.5) is 14.5 Å². The molecule has 3 unspecified atom stereocenters. The van der Waals surface area contributed by atoms with Gasteiger partial charge in [0.25, 0.3) is 0 Å². The van der Waals surface area contributed by atoms with E-state index >= 15 is 8.78 Å². The molecular formula is C30H44F2N4. The normalized spacial score (nSPS) is 33.0. The number of anilines is 1. The molecule has 198 valence electrons. The summed E-state index contributed by atoms with van der Waals surface area (Å²) >= 11 is 0. The molecular weight excluding hydrogens is 454 g/mol. The van der Waals surface area contributed by atoms with E-state index in [2.05, 4.69) is 36.1 Å². The summed E-state index contributed by atoms with van der Waals surface area (Å²) in [5.41, 5.74) is 2.35. The van der Waals surface area contributed by atoms with Gasteiger partial charge in [-0.2, -0.15) is 5.10 Å². The maximum atomic E-state index is 15.1. The zero-order valence-corrected chi connectivity index (χ0v) is 22.8. The van der Waals surface area contributed by atoms with Crippen molar-refractivity contribution >= 4 is 5.69 Å². The number of halogens is 2. The van der Waals surface area contributed by atoms with Gasteiger partial charge in [-0.15, -0.1) is 0 Å². The highest BCUT2D eigenvalue weighted by Gasteiger charge is 2.44. The third kappa shape index (κ3) is 5.07. The summed E-state index contributed by atoms with van der Waals surface area (Å²) in [6.07, 6.45) is 10.6. The molecule has 0 radical (unpaired) electrons. The number of hydrogen-bond donors (Lipinski definition) is 1. The molecule has 5 atom stereocenters. The van der Waals surface area contributed by atoms with E-state index in [1.165, 1.54) is 38.6 Å². The van der Waals surface area contributed by atoms with Crippen molar-refractivity contribution in [3.8, 4) is 11.1 Å². The van der Waals surface area contributed by atoms with Crippen LogP contribution >= 0.6 is 0 Å². The van der Waals surface area contributed by atoms with Crippen molar-refractivity contribution in [1.82, 2.24) is 14.7 Å². The molecule has 1 N–H and O–H groups in total. The molecule has 2 aliphatic carbocycles. The Morgan fingerprint density at radius 3 is 2.19 bits per heavy atom. The van der Waals surface area contributed by atoms with Gasteiger partial charge in [0.2, 0.25) is 0 Å². The van der Waals surface area contributed by atoms with Gasteiger partial charge in [0, 0.05) is 50.0 Å². The lowest BCUT2D eigenvalue weighted by molar-refractivity contribution is 0.112.